The van der Waals surface area contributed by atoms with Gasteiger partial charge in [-0.25, -0.2) is 4.79 Å². The molecule has 0 radical (unpaired) electrons. The molecular weight excluding hydrogens is 500 g/mol. The molecule has 0 bridgehead atoms. The summed E-state index contributed by atoms with van der Waals surface area (Å²) in [5.41, 5.74) is 11.7. The van der Waals surface area contributed by atoms with Crippen LogP contribution in [0.25, 0.3) is 44.2 Å². The molecule has 6 nitrogen and oxygen atoms in total. The Morgan fingerprint density at radius 1 is 0.875 bits per heavy atom. The highest BCUT2D eigenvalue weighted by Gasteiger charge is 2.22. The van der Waals surface area contributed by atoms with Gasteiger partial charge in [0.15, 0.2) is 0 Å². The quantitative estimate of drug-likeness (QED) is 0.177. The van der Waals surface area contributed by atoms with Crippen molar-refractivity contribution in [2.75, 3.05) is 6.61 Å². The number of carbonyl (C=O) groups excluding carboxylic acids is 1. The van der Waals surface area contributed by atoms with Gasteiger partial charge in [-0.15, -0.1) is 5.10 Å². The van der Waals surface area contributed by atoms with E-state index in [4.69, 9.17) is 13.6 Å². The van der Waals surface area contributed by atoms with Crippen LogP contribution in [-0.2, 0) is 9.53 Å². The maximum atomic E-state index is 12.5. The molecule has 6 rings (SSSR count). The van der Waals surface area contributed by atoms with Gasteiger partial charge in [0.25, 0.3) is 0 Å². The van der Waals surface area contributed by atoms with E-state index in [0.717, 1.165) is 74.9 Å². The van der Waals surface area contributed by atoms with Gasteiger partial charge in [0, 0.05) is 33.7 Å². The summed E-state index contributed by atoms with van der Waals surface area (Å²) in [5, 5.41) is 6.67. The van der Waals surface area contributed by atoms with Crippen molar-refractivity contribution in [3.8, 4) is 22.3 Å². The highest BCUT2D eigenvalue weighted by molar-refractivity contribution is 6.08. The number of allylic oxidation sites excluding steroid dienone is 1. The van der Waals surface area contributed by atoms with Crippen LogP contribution in [0.3, 0.4) is 0 Å². The van der Waals surface area contributed by atoms with Gasteiger partial charge in [0.1, 0.15) is 16.9 Å². The molecule has 0 saturated carbocycles. The Kier molecular flexibility index (Phi) is 6.99. The van der Waals surface area contributed by atoms with E-state index in [-0.39, 0.29) is 5.97 Å². The summed E-state index contributed by atoms with van der Waals surface area (Å²) in [5.74, 6) is 0.587. The Hall–Kier alpha value is -4.58. The summed E-state index contributed by atoms with van der Waals surface area (Å²) in [6, 6.07) is 24.7. The van der Waals surface area contributed by atoms with Crippen molar-refractivity contribution in [1.29, 1.82) is 0 Å². The van der Waals surface area contributed by atoms with Gasteiger partial charge in [0.2, 0.25) is 5.55 Å². The fourth-order valence-electron chi connectivity index (χ4n) is 5.63. The molecule has 0 fully saturated rings. The van der Waals surface area contributed by atoms with Crippen molar-refractivity contribution in [1.82, 2.24) is 5.43 Å². The average Bonchev–Trinajstić information content (AvgIpc) is 3.33. The van der Waals surface area contributed by atoms with E-state index in [1.54, 1.807) is 0 Å². The molecule has 202 valence electrons. The number of esters is 1. The SMILES string of the molecule is CCOC(=O)C1=C(NN=c2cc(-c3ccccc3)c3cc4c(-c5ccccc5)c(C)oc4c(C)c3o2)CCCC1. The smallest absolute Gasteiger partial charge is 0.335 e. The third-order valence-corrected chi connectivity index (χ3v) is 7.54. The molecule has 0 amide bonds. The maximum Gasteiger partial charge on any atom is 0.335 e. The van der Waals surface area contributed by atoms with Crippen LogP contribution in [0.5, 0.6) is 0 Å². The van der Waals surface area contributed by atoms with Gasteiger partial charge in [-0.3, -0.25) is 5.43 Å². The largest absolute Gasteiger partial charge is 0.463 e. The summed E-state index contributed by atoms with van der Waals surface area (Å²) in [6.45, 7) is 6.20. The van der Waals surface area contributed by atoms with Crippen molar-refractivity contribution in [2.24, 2.45) is 5.10 Å². The van der Waals surface area contributed by atoms with Gasteiger partial charge < -0.3 is 13.6 Å². The number of hydrogen-bond donors (Lipinski definition) is 1. The minimum Gasteiger partial charge on any atom is -0.463 e. The number of carbonyl (C=O) groups is 1. The van der Waals surface area contributed by atoms with Crippen LogP contribution in [0.1, 0.15) is 43.9 Å². The molecule has 2 aromatic heterocycles. The number of nitrogens with zero attached hydrogens (tertiary/aromatic N) is 1. The molecule has 0 saturated heterocycles. The molecule has 0 spiro atoms. The fourth-order valence-corrected chi connectivity index (χ4v) is 5.63. The second-order valence-corrected chi connectivity index (χ2v) is 10.1. The molecular formula is C34H32N2O4. The van der Waals surface area contributed by atoms with Crippen LogP contribution >= 0.6 is 0 Å². The first-order valence-electron chi connectivity index (χ1n) is 13.9. The predicted octanol–water partition coefficient (Wildman–Crippen LogP) is 7.93. The van der Waals surface area contributed by atoms with Gasteiger partial charge in [-0.2, -0.15) is 0 Å². The molecule has 1 aliphatic carbocycles. The fraction of sp³-hybridized carbons (Fsp3) is 0.235. The summed E-state index contributed by atoms with van der Waals surface area (Å²) >= 11 is 0. The number of nitrogens with one attached hydrogen (secondary N) is 1. The Morgan fingerprint density at radius 3 is 2.27 bits per heavy atom. The topological polar surface area (TPSA) is 77.0 Å². The minimum atomic E-state index is -0.277. The highest BCUT2D eigenvalue weighted by atomic mass is 16.5. The lowest BCUT2D eigenvalue weighted by atomic mass is 9.96. The third kappa shape index (κ3) is 4.70. The van der Waals surface area contributed by atoms with Crippen molar-refractivity contribution in [3.05, 3.63) is 101 Å². The van der Waals surface area contributed by atoms with E-state index in [1.807, 2.05) is 63.2 Å². The summed E-state index contributed by atoms with van der Waals surface area (Å²) < 4.78 is 18.0. The number of fused-ring (bicyclic) bond motifs is 2. The molecule has 0 atom stereocenters. The predicted molar refractivity (Wildman–Crippen MR) is 157 cm³/mol. The van der Waals surface area contributed by atoms with Crippen LogP contribution in [0.4, 0.5) is 0 Å². The summed E-state index contributed by atoms with van der Waals surface area (Å²) in [7, 11) is 0. The van der Waals surface area contributed by atoms with Gasteiger partial charge in [-0.05, 0) is 69.2 Å². The highest BCUT2D eigenvalue weighted by Crippen LogP contribution is 2.41. The third-order valence-electron chi connectivity index (χ3n) is 7.54. The first-order chi connectivity index (χ1) is 19.5. The van der Waals surface area contributed by atoms with E-state index in [1.165, 1.54) is 0 Å². The zero-order chi connectivity index (χ0) is 27.6. The lowest BCUT2D eigenvalue weighted by molar-refractivity contribution is -0.138. The van der Waals surface area contributed by atoms with Crippen molar-refractivity contribution < 1.29 is 18.4 Å². The van der Waals surface area contributed by atoms with Crippen LogP contribution in [0.2, 0.25) is 0 Å². The zero-order valence-electron chi connectivity index (χ0n) is 23.0. The second-order valence-electron chi connectivity index (χ2n) is 10.1. The van der Waals surface area contributed by atoms with E-state index in [2.05, 4.69) is 40.9 Å². The summed E-state index contributed by atoms with van der Waals surface area (Å²) in [4.78, 5) is 12.5. The Bertz CT molecular complexity index is 1810. The number of ether oxygens (including phenoxy) is 1. The minimum absolute atomic E-state index is 0.277. The second kappa shape index (κ2) is 10.9. The number of furan rings is 1. The van der Waals surface area contributed by atoms with Crippen LogP contribution in [-0.4, -0.2) is 12.6 Å². The Labute approximate surface area is 233 Å². The molecule has 0 aliphatic heterocycles. The molecule has 40 heavy (non-hydrogen) atoms. The normalized spacial score (nSPS) is 14.2. The molecule has 5 aromatic rings. The van der Waals surface area contributed by atoms with E-state index in [0.29, 0.717) is 29.7 Å². The zero-order valence-corrected chi connectivity index (χ0v) is 23.0. The Balaban J connectivity index is 1.56. The molecule has 3 aromatic carbocycles. The molecule has 6 heteroatoms. The molecule has 0 unspecified atom stereocenters. The van der Waals surface area contributed by atoms with Crippen LogP contribution in [0.15, 0.2) is 98.0 Å². The molecule has 2 heterocycles. The van der Waals surface area contributed by atoms with Crippen molar-refractivity contribution >= 4 is 27.9 Å². The van der Waals surface area contributed by atoms with Crippen molar-refractivity contribution in [2.45, 2.75) is 46.5 Å². The maximum absolute atomic E-state index is 12.5. The number of rotatable bonds is 6. The van der Waals surface area contributed by atoms with Crippen LogP contribution < -0.4 is 11.0 Å². The van der Waals surface area contributed by atoms with Gasteiger partial charge in [0.05, 0.1) is 12.2 Å². The summed E-state index contributed by atoms with van der Waals surface area (Å²) in [6.07, 6.45) is 3.37. The van der Waals surface area contributed by atoms with E-state index < -0.39 is 0 Å². The van der Waals surface area contributed by atoms with Crippen molar-refractivity contribution in [3.63, 3.8) is 0 Å². The number of aryl methyl sites for hydroxylation is 2. The lowest BCUT2D eigenvalue weighted by Gasteiger charge is -2.18. The average molecular weight is 533 g/mol. The Morgan fingerprint density at radius 2 is 1.55 bits per heavy atom. The lowest BCUT2D eigenvalue weighted by Crippen LogP contribution is -2.21. The monoisotopic (exact) mass is 532 g/mol. The molecule has 1 N–H and O–H groups in total. The first-order valence-corrected chi connectivity index (χ1v) is 13.9. The van der Waals surface area contributed by atoms with Gasteiger partial charge >= 0.3 is 5.97 Å². The molecule has 1 aliphatic rings. The van der Waals surface area contributed by atoms with E-state index in [9.17, 15) is 4.79 Å². The van der Waals surface area contributed by atoms with Gasteiger partial charge in [-0.1, -0.05) is 60.7 Å². The standard InChI is InChI=1S/C34H32N2O4/c1-4-38-34(37)25-17-11-12-18-29(25)35-36-30-20-26(23-13-7-5-8-14-23)27-19-28-31(24-15-9-6-10-16-24)22(3)39-33(28)21(2)32(27)40-30/h5-10,13-16,19-20,35H,4,11-12,17-18H2,1-3H3. The number of benzene rings is 3. The van der Waals surface area contributed by atoms with E-state index >= 15 is 0 Å². The van der Waals surface area contributed by atoms with Crippen LogP contribution in [0, 0.1) is 13.8 Å². The first kappa shape index (κ1) is 25.7. The number of hydrogen-bond acceptors (Lipinski definition) is 6.